The van der Waals surface area contributed by atoms with Gasteiger partial charge in [0.25, 0.3) is 0 Å². The summed E-state index contributed by atoms with van der Waals surface area (Å²) in [5.74, 6) is -0.477. The molecule has 0 saturated heterocycles. The first kappa shape index (κ1) is 16.0. The number of rotatable bonds is 5. The van der Waals surface area contributed by atoms with Gasteiger partial charge in [0.2, 0.25) is 5.88 Å². The van der Waals surface area contributed by atoms with E-state index in [1.165, 1.54) is 17.9 Å². The number of methoxy groups -OCH3 is 1. The number of nitrogens with zero attached hydrogens (tertiary/aromatic N) is 2. The predicted molar refractivity (Wildman–Crippen MR) is 85.6 cm³/mol. The average molecular weight is 320 g/mol. The molecule has 1 heterocycles. The van der Waals surface area contributed by atoms with Gasteiger partial charge in [-0.3, -0.25) is 14.4 Å². The molecule has 1 aromatic carbocycles. The van der Waals surface area contributed by atoms with E-state index in [0.717, 1.165) is 17.8 Å². The van der Waals surface area contributed by atoms with Gasteiger partial charge in [-0.1, -0.05) is 18.3 Å². The van der Waals surface area contributed by atoms with Crippen LogP contribution in [0, 0.1) is 0 Å². The van der Waals surface area contributed by atoms with Crippen molar-refractivity contribution in [2.75, 3.05) is 7.11 Å². The van der Waals surface area contributed by atoms with Crippen molar-refractivity contribution in [3.05, 3.63) is 44.4 Å². The minimum absolute atomic E-state index is 0.0632. The Kier molecular flexibility index (Phi) is 5.11. The third-order valence-corrected chi connectivity index (χ3v) is 3.86. The molecule has 0 radical (unpaired) electrons. The first-order valence-corrected chi connectivity index (χ1v) is 7.53. The Morgan fingerprint density at radius 2 is 2.09 bits per heavy atom. The molecule has 0 aliphatic rings. The second kappa shape index (κ2) is 7.04. The summed E-state index contributed by atoms with van der Waals surface area (Å²) in [5.41, 5.74) is 1.04. The summed E-state index contributed by atoms with van der Waals surface area (Å²) in [6, 6.07) is 6.52. The van der Waals surface area contributed by atoms with E-state index in [4.69, 9.17) is 0 Å². The molecule has 0 bridgehead atoms. The predicted octanol–water partition coefficient (Wildman–Crippen LogP) is 2.56. The number of ether oxygens (including phenoxy) is 1. The van der Waals surface area contributed by atoms with Gasteiger partial charge in [0.1, 0.15) is 4.88 Å². The number of carbonyl (C=O) groups excluding carboxylic acids is 1. The van der Waals surface area contributed by atoms with Gasteiger partial charge in [-0.25, -0.2) is 4.79 Å². The lowest BCUT2D eigenvalue weighted by Gasteiger charge is -2.00. The second-order valence-corrected chi connectivity index (χ2v) is 5.50. The lowest BCUT2D eigenvalue weighted by Crippen LogP contribution is -2.11. The summed E-state index contributed by atoms with van der Waals surface area (Å²) in [6.45, 7) is 2.41. The second-order valence-electron chi connectivity index (χ2n) is 4.50. The summed E-state index contributed by atoms with van der Waals surface area (Å²) < 4.78 is 5.94. The molecule has 0 spiro atoms. The van der Waals surface area contributed by atoms with Crippen molar-refractivity contribution in [3.63, 3.8) is 0 Å². The van der Waals surface area contributed by atoms with Crippen LogP contribution in [-0.4, -0.2) is 29.0 Å². The molecular formula is C15H16N2O4S. The number of aromatic hydroxyl groups is 1. The van der Waals surface area contributed by atoms with Crippen molar-refractivity contribution in [1.82, 2.24) is 4.57 Å². The number of aliphatic imine (C=N–C) groups is 1. The summed E-state index contributed by atoms with van der Waals surface area (Å²) >= 11 is 0.946. The van der Waals surface area contributed by atoms with Gasteiger partial charge < -0.3 is 9.84 Å². The number of aromatic nitrogens is 1. The Morgan fingerprint density at radius 1 is 1.41 bits per heavy atom. The molecule has 1 aromatic heterocycles. The molecule has 0 atom stereocenters. The van der Waals surface area contributed by atoms with Gasteiger partial charge in [0, 0.05) is 6.54 Å². The van der Waals surface area contributed by atoms with E-state index in [1.54, 1.807) is 24.3 Å². The first-order chi connectivity index (χ1) is 10.6. The van der Waals surface area contributed by atoms with Crippen LogP contribution in [0.2, 0.25) is 0 Å². The summed E-state index contributed by atoms with van der Waals surface area (Å²) in [6.07, 6.45) is 2.20. The highest BCUT2D eigenvalue weighted by Gasteiger charge is 2.11. The maximum Gasteiger partial charge on any atom is 0.337 e. The highest BCUT2D eigenvalue weighted by molar-refractivity contribution is 7.11. The molecule has 2 rings (SSSR count). The van der Waals surface area contributed by atoms with E-state index in [1.807, 2.05) is 6.92 Å². The fourth-order valence-electron chi connectivity index (χ4n) is 1.85. The van der Waals surface area contributed by atoms with E-state index in [2.05, 4.69) is 9.73 Å². The monoisotopic (exact) mass is 320 g/mol. The molecule has 22 heavy (non-hydrogen) atoms. The fraction of sp³-hybridized carbons (Fsp3) is 0.267. The minimum atomic E-state index is -0.414. The Hall–Kier alpha value is -2.41. The number of esters is 1. The molecule has 0 saturated carbocycles. The molecule has 6 nitrogen and oxygen atoms in total. The van der Waals surface area contributed by atoms with E-state index >= 15 is 0 Å². The summed E-state index contributed by atoms with van der Waals surface area (Å²) in [7, 11) is 1.32. The molecule has 2 aromatic rings. The largest absolute Gasteiger partial charge is 0.493 e. The highest BCUT2D eigenvalue weighted by Crippen LogP contribution is 2.20. The van der Waals surface area contributed by atoms with Crippen LogP contribution in [0.15, 0.2) is 34.1 Å². The first-order valence-electron chi connectivity index (χ1n) is 6.71. The van der Waals surface area contributed by atoms with Crippen LogP contribution < -0.4 is 4.87 Å². The number of hydrogen-bond donors (Lipinski definition) is 1. The van der Waals surface area contributed by atoms with Gasteiger partial charge in [-0.15, -0.1) is 0 Å². The lowest BCUT2D eigenvalue weighted by molar-refractivity contribution is 0.0601. The molecular weight excluding hydrogens is 304 g/mol. The zero-order valence-electron chi connectivity index (χ0n) is 12.3. The van der Waals surface area contributed by atoms with Gasteiger partial charge in [-0.2, -0.15) is 0 Å². The van der Waals surface area contributed by atoms with Crippen LogP contribution in [0.4, 0.5) is 5.69 Å². The Labute approximate surface area is 131 Å². The van der Waals surface area contributed by atoms with E-state index in [9.17, 15) is 14.7 Å². The van der Waals surface area contributed by atoms with Gasteiger partial charge in [0.15, 0.2) is 0 Å². The van der Waals surface area contributed by atoms with Gasteiger partial charge in [-0.05, 0) is 30.7 Å². The van der Waals surface area contributed by atoms with Crippen LogP contribution >= 0.6 is 11.3 Å². The number of thiazole rings is 1. The molecule has 0 aliphatic heterocycles. The van der Waals surface area contributed by atoms with Gasteiger partial charge in [0.05, 0.1) is 24.6 Å². The lowest BCUT2D eigenvalue weighted by atomic mass is 10.2. The quantitative estimate of drug-likeness (QED) is 0.678. The smallest absolute Gasteiger partial charge is 0.337 e. The Bertz CT molecular complexity index is 744. The van der Waals surface area contributed by atoms with E-state index < -0.39 is 5.97 Å². The average Bonchev–Trinajstić information content (AvgIpc) is 2.80. The summed E-state index contributed by atoms with van der Waals surface area (Å²) in [4.78, 5) is 27.4. The Morgan fingerprint density at radius 3 is 2.68 bits per heavy atom. The summed E-state index contributed by atoms with van der Waals surface area (Å²) in [5, 5.41) is 9.99. The van der Waals surface area contributed by atoms with E-state index in [0.29, 0.717) is 22.7 Å². The molecule has 0 amide bonds. The normalized spacial score (nSPS) is 11.0. The van der Waals surface area contributed by atoms with Crippen LogP contribution in [0.3, 0.4) is 0 Å². The topological polar surface area (TPSA) is 80.9 Å². The van der Waals surface area contributed by atoms with Gasteiger partial charge >= 0.3 is 10.8 Å². The van der Waals surface area contributed by atoms with Crippen molar-refractivity contribution in [2.45, 2.75) is 19.9 Å². The fourth-order valence-corrected chi connectivity index (χ4v) is 2.64. The third kappa shape index (κ3) is 3.43. The molecule has 1 N–H and O–H groups in total. The van der Waals surface area contributed by atoms with Crippen molar-refractivity contribution >= 4 is 29.2 Å². The maximum atomic E-state index is 11.7. The molecule has 7 heteroatoms. The van der Waals surface area contributed by atoms with Crippen LogP contribution in [0.25, 0.3) is 0 Å². The molecule has 116 valence electrons. The zero-order valence-corrected chi connectivity index (χ0v) is 13.1. The van der Waals surface area contributed by atoms with Crippen LogP contribution in [0.1, 0.15) is 28.6 Å². The third-order valence-electron chi connectivity index (χ3n) is 2.96. The number of benzene rings is 1. The SMILES string of the molecule is CCCn1c(O)c(C=Nc2ccc(C(=O)OC)cc2)sc1=O. The minimum Gasteiger partial charge on any atom is -0.493 e. The van der Waals surface area contributed by atoms with Crippen LogP contribution in [0.5, 0.6) is 5.88 Å². The van der Waals surface area contributed by atoms with Crippen molar-refractivity contribution in [2.24, 2.45) is 4.99 Å². The standard InChI is InChI=1S/C15H16N2O4S/c1-3-8-17-13(18)12(22-15(17)20)9-16-11-6-4-10(5-7-11)14(19)21-2/h4-7,9,18H,3,8H2,1-2H3. The zero-order chi connectivity index (χ0) is 16.1. The van der Waals surface area contributed by atoms with E-state index in [-0.39, 0.29) is 10.8 Å². The number of hydrogen-bond acceptors (Lipinski definition) is 6. The highest BCUT2D eigenvalue weighted by atomic mass is 32.1. The van der Waals surface area contributed by atoms with Crippen molar-refractivity contribution < 1.29 is 14.6 Å². The maximum absolute atomic E-state index is 11.7. The Balaban J connectivity index is 2.20. The molecule has 0 fully saturated rings. The van der Waals surface area contributed by atoms with Crippen molar-refractivity contribution in [3.8, 4) is 5.88 Å². The molecule has 0 unspecified atom stereocenters. The number of carbonyl (C=O) groups is 1. The molecule has 0 aliphatic carbocycles. The van der Waals surface area contributed by atoms with Crippen molar-refractivity contribution in [1.29, 1.82) is 0 Å². The van der Waals surface area contributed by atoms with Crippen LogP contribution in [-0.2, 0) is 11.3 Å².